The van der Waals surface area contributed by atoms with E-state index in [1.54, 1.807) is 4.90 Å². The lowest BCUT2D eigenvalue weighted by Crippen LogP contribution is -2.43. The van der Waals surface area contributed by atoms with Gasteiger partial charge in [0, 0.05) is 26.1 Å². The molecule has 2 aliphatic rings. The molecule has 0 aliphatic carbocycles. The minimum absolute atomic E-state index is 0.0416. The van der Waals surface area contributed by atoms with Crippen LogP contribution >= 0.6 is 0 Å². The van der Waals surface area contributed by atoms with Crippen molar-refractivity contribution in [3.8, 4) is 5.75 Å². The minimum atomic E-state index is -0.341. The van der Waals surface area contributed by atoms with Crippen LogP contribution in [0.15, 0.2) is 54.6 Å². The smallest absolute Gasteiger partial charge is 0.260 e. The summed E-state index contributed by atoms with van der Waals surface area (Å²) in [6.45, 7) is 1.68. The third-order valence-corrected chi connectivity index (χ3v) is 5.82. The first-order chi connectivity index (χ1) is 14.1. The first-order valence-electron chi connectivity index (χ1n) is 10.1. The maximum Gasteiger partial charge on any atom is 0.260 e. The quantitative estimate of drug-likeness (QED) is 0.780. The zero-order chi connectivity index (χ0) is 20.2. The van der Waals surface area contributed by atoms with Gasteiger partial charge in [-0.25, -0.2) is 4.39 Å². The zero-order valence-corrected chi connectivity index (χ0v) is 16.3. The van der Waals surface area contributed by atoms with E-state index < -0.39 is 0 Å². The van der Waals surface area contributed by atoms with Crippen LogP contribution in [0.4, 0.5) is 4.39 Å². The maximum atomic E-state index is 13.0. The highest BCUT2D eigenvalue weighted by atomic mass is 19.1. The molecule has 2 saturated heterocycles. The monoisotopic (exact) mass is 396 g/mol. The number of ether oxygens (including phenoxy) is 1. The van der Waals surface area contributed by atoms with Crippen LogP contribution in [0.2, 0.25) is 0 Å². The molecule has 2 aromatic rings. The van der Waals surface area contributed by atoms with Gasteiger partial charge in [-0.1, -0.05) is 30.3 Å². The number of halogens is 1. The Balaban J connectivity index is 1.41. The van der Waals surface area contributed by atoms with Gasteiger partial charge in [0.2, 0.25) is 5.91 Å². The molecule has 2 heterocycles. The number of carbonyl (C=O) groups excluding carboxylic acids is 2. The molecule has 2 atom stereocenters. The van der Waals surface area contributed by atoms with Gasteiger partial charge in [0.1, 0.15) is 11.6 Å². The van der Waals surface area contributed by atoms with E-state index in [-0.39, 0.29) is 30.3 Å². The van der Waals surface area contributed by atoms with E-state index in [1.807, 2.05) is 35.2 Å². The number of rotatable bonds is 5. The van der Waals surface area contributed by atoms with E-state index in [9.17, 15) is 14.0 Å². The van der Waals surface area contributed by atoms with E-state index in [1.165, 1.54) is 24.3 Å². The molecule has 6 heteroatoms. The SMILES string of the molecule is O=C(COc1ccc(F)cc1)N1C[C@H]2CCCC(=O)N(Cc3ccccc3)[C@H]2C1. The number of carbonyl (C=O) groups is 2. The first-order valence-corrected chi connectivity index (χ1v) is 10.1. The Labute approximate surface area is 170 Å². The highest BCUT2D eigenvalue weighted by Gasteiger charge is 2.41. The summed E-state index contributed by atoms with van der Waals surface area (Å²) in [6.07, 6.45) is 2.38. The van der Waals surface area contributed by atoms with Crippen LogP contribution in [0.3, 0.4) is 0 Å². The Morgan fingerprint density at radius 3 is 2.59 bits per heavy atom. The number of fused-ring (bicyclic) bond motifs is 1. The summed E-state index contributed by atoms with van der Waals surface area (Å²) in [6, 6.07) is 15.7. The summed E-state index contributed by atoms with van der Waals surface area (Å²) in [7, 11) is 0. The largest absolute Gasteiger partial charge is 0.484 e. The van der Waals surface area contributed by atoms with Crippen molar-refractivity contribution >= 4 is 11.8 Å². The molecule has 0 unspecified atom stereocenters. The van der Waals surface area contributed by atoms with Crippen molar-refractivity contribution in [3.63, 3.8) is 0 Å². The fourth-order valence-electron chi connectivity index (χ4n) is 4.29. The van der Waals surface area contributed by atoms with Crippen molar-refractivity contribution in [2.24, 2.45) is 5.92 Å². The second kappa shape index (κ2) is 8.64. The fourth-order valence-corrected chi connectivity index (χ4v) is 4.29. The predicted molar refractivity (Wildman–Crippen MR) is 107 cm³/mol. The molecule has 152 valence electrons. The summed E-state index contributed by atoms with van der Waals surface area (Å²) in [5, 5.41) is 0. The van der Waals surface area contributed by atoms with E-state index >= 15 is 0 Å². The van der Waals surface area contributed by atoms with Crippen molar-refractivity contribution in [2.75, 3.05) is 19.7 Å². The van der Waals surface area contributed by atoms with Gasteiger partial charge in [0.25, 0.3) is 5.91 Å². The number of amides is 2. The average molecular weight is 396 g/mol. The topological polar surface area (TPSA) is 49.9 Å². The lowest BCUT2D eigenvalue weighted by atomic mass is 9.98. The van der Waals surface area contributed by atoms with Gasteiger partial charge in [-0.05, 0) is 48.6 Å². The molecule has 0 aromatic heterocycles. The Bertz CT molecular complexity index is 856. The van der Waals surface area contributed by atoms with Crippen molar-refractivity contribution in [1.29, 1.82) is 0 Å². The maximum absolute atomic E-state index is 13.0. The van der Waals surface area contributed by atoms with E-state index in [4.69, 9.17) is 4.74 Å². The number of likely N-dealkylation sites (tertiary alicyclic amines) is 2. The Morgan fingerprint density at radius 1 is 1.07 bits per heavy atom. The second-order valence-corrected chi connectivity index (χ2v) is 7.77. The van der Waals surface area contributed by atoms with Crippen LogP contribution < -0.4 is 4.74 Å². The molecule has 2 aromatic carbocycles. The van der Waals surface area contributed by atoms with Crippen molar-refractivity contribution < 1.29 is 18.7 Å². The average Bonchev–Trinajstić information content (AvgIpc) is 3.10. The molecule has 2 amide bonds. The number of nitrogens with zero attached hydrogens (tertiary/aromatic N) is 2. The van der Waals surface area contributed by atoms with Crippen LogP contribution in [0, 0.1) is 11.7 Å². The molecule has 2 aliphatic heterocycles. The molecular weight excluding hydrogens is 371 g/mol. The standard InChI is InChI=1S/C23H25FN2O3/c24-19-9-11-20(12-10-19)29-16-23(28)25-14-18-7-4-8-22(27)26(21(18)15-25)13-17-5-2-1-3-6-17/h1-3,5-6,9-12,18,21H,4,7-8,13-16H2/t18-,21+/m1/s1. The normalized spacial score (nSPS) is 21.6. The molecular formula is C23H25FN2O3. The molecule has 0 saturated carbocycles. The van der Waals surface area contributed by atoms with Gasteiger partial charge in [0.15, 0.2) is 6.61 Å². The third kappa shape index (κ3) is 4.58. The lowest BCUT2D eigenvalue weighted by molar-refractivity contribution is -0.136. The molecule has 29 heavy (non-hydrogen) atoms. The van der Waals surface area contributed by atoms with Crippen molar-refractivity contribution in [1.82, 2.24) is 9.80 Å². The van der Waals surface area contributed by atoms with Gasteiger partial charge in [0.05, 0.1) is 6.04 Å². The van der Waals surface area contributed by atoms with Crippen LogP contribution in [0.25, 0.3) is 0 Å². The molecule has 4 rings (SSSR count). The molecule has 5 nitrogen and oxygen atoms in total. The minimum Gasteiger partial charge on any atom is -0.484 e. The molecule has 0 radical (unpaired) electrons. The van der Waals surface area contributed by atoms with Crippen LogP contribution in [0.5, 0.6) is 5.75 Å². The zero-order valence-electron chi connectivity index (χ0n) is 16.3. The van der Waals surface area contributed by atoms with Gasteiger partial charge in [-0.2, -0.15) is 0 Å². The summed E-state index contributed by atoms with van der Waals surface area (Å²) in [5.41, 5.74) is 1.10. The highest BCUT2D eigenvalue weighted by Crippen LogP contribution is 2.31. The number of hydrogen-bond acceptors (Lipinski definition) is 3. The van der Waals surface area contributed by atoms with Crippen LogP contribution in [-0.4, -0.2) is 47.4 Å². The van der Waals surface area contributed by atoms with Crippen LogP contribution in [-0.2, 0) is 16.1 Å². The Morgan fingerprint density at radius 2 is 1.83 bits per heavy atom. The molecule has 0 bridgehead atoms. The summed E-state index contributed by atoms with van der Waals surface area (Å²) in [4.78, 5) is 29.2. The first kappa shape index (κ1) is 19.4. The second-order valence-electron chi connectivity index (χ2n) is 7.77. The number of benzene rings is 2. The van der Waals surface area contributed by atoms with Crippen LogP contribution in [0.1, 0.15) is 24.8 Å². The van der Waals surface area contributed by atoms with Gasteiger partial charge in [-0.15, -0.1) is 0 Å². The lowest BCUT2D eigenvalue weighted by Gasteiger charge is -2.30. The van der Waals surface area contributed by atoms with Crippen molar-refractivity contribution in [3.05, 3.63) is 66.0 Å². The third-order valence-electron chi connectivity index (χ3n) is 5.82. The molecule has 0 N–H and O–H groups in total. The highest BCUT2D eigenvalue weighted by molar-refractivity contribution is 5.79. The van der Waals surface area contributed by atoms with E-state index in [0.717, 1.165) is 18.4 Å². The predicted octanol–water partition coefficient (Wildman–Crippen LogP) is 3.24. The Hall–Kier alpha value is -2.89. The summed E-state index contributed by atoms with van der Waals surface area (Å²) in [5.74, 6) is 0.480. The van der Waals surface area contributed by atoms with Gasteiger partial charge in [-0.3, -0.25) is 9.59 Å². The van der Waals surface area contributed by atoms with Crippen molar-refractivity contribution in [2.45, 2.75) is 31.8 Å². The van der Waals surface area contributed by atoms with Gasteiger partial charge < -0.3 is 14.5 Å². The summed E-state index contributed by atoms with van der Waals surface area (Å²) < 4.78 is 18.5. The molecule has 0 spiro atoms. The van der Waals surface area contributed by atoms with E-state index in [2.05, 4.69) is 0 Å². The Kier molecular flexibility index (Phi) is 5.79. The fraction of sp³-hybridized carbons (Fsp3) is 0.391. The number of hydrogen-bond donors (Lipinski definition) is 0. The van der Waals surface area contributed by atoms with Gasteiger partial charge >= 0.3 is 0 Å². The molecule has 2 fully saturated rings. The summed E-state index contributed by atoms with van der Waals surface area (Å²) >= 11 is 0. The van der Waals surface area contributed by atoms with E-state index in [0.29, 0.717) is 37.7 Å².